The van der Waals surface area contributed by atoms with Gasteiger partial charge in [-0.25, -0.2) is 4.98 Å². The molecular formula is C19H23N3O2S2. The standard InChI is InChI=1S/C19H23N3O2S2/c23-17(21-19-20-8-10-25-19)14-6-4-9-22(12-14)18(24)16-11-13-5-2-1-3-7-15(13)26-16/h8,10-11,14H,1-7,9,12H2,(H,20,21,23). The fraction of sp³-hybridized carbons (Fsp3) is 0.526. The van der Waals surface area contributed by atoms with Crippen molar-refractivity contribution in [1.29, 1.82) is 0 Å². The lowest BCUT2D eigenvalue weighted by atomic mass is 9.97. The van der Waals surface area contributed by atoms with Gasteiger partial charge in [-0.3, -0.25) is 9.59 Å². The first-order valence-electron chi connectivity index (χ1n) is 9.32. The molecule has 2 aliphatic rings. The van der Waals surface area contributed by atoms with Gasteiger partial charge >= 0.3 is 0 Å². The van der Waals surface area contributed by atoms with Gasteiger partial charge in [0, 0.05) is 29.5 Å². The Hall–Kier alpha value is -1.73. The molecule has 3 heterocycles. The van der Waals surface area contributed by atoms with E-state index in [-0.39, 0.29) is 17.7 Å². The molecule has 0 bridgehead atoms. The number of hydrogen-bond acceptors (Lipinski definition) is 5. The Morgan fingerprint density at radius 1 is 1.19 bits per heavy atom. The lowest BCUT2D eigenvalue weighted by molar-refractivity contribution is -0.121. The van der Waals surface area contributed by atoms with E-state index in [9.17, 15) is 9.59 Å². The number of carbonyl (C=O) groups is 2. The van der Waals surface area contributed by atoms with E-state index in [1.807, 2.05) is 10.3 Å². The fourth-order valence-electron chi connectivity index (χ4n) is 3.80. The smallest absolute Gasteiger partial charge is 0.263 e. The maximum absolute atomic E-state index is 13.0. The number of likely N-dealkylation sites (tertiary alicyclic amines) is 1. The number of amides is 2. The Labute approximate surface area is 161 Å². The number of aryl methyl sites for hydroxylation is 2. The van der Waals surface area contributed by atoms with Crippen LogP contribution in [0.5, 0.6) is 0 Å². The van der Waals surface area contributed by atoms with E-state index >= 15 is 0 Å². The second-order valence-corrected chi connectivity index (χ2v) is 9.07. The van der Waals surface area contributed by atoms with E-state index in [2.05, 4.69) is 16.4 Å². The Bertz CT molecular complexity index is 761. The van der Waals surface area contributed by atoms with Crippen molar-refractivity contribution >= 4 is 39.6 Å². The molecule has 0 saturated carbocycles. The van der Waals surface area contributed by atoms with Crippen LogP contribution in [0.4, 0.5) is 5.13 Å². The van der Waals surface area contributed by atoms with E-state index in [4.69, 9.17) is 0 Å². The summed E-state index contributed by atoms with van der Waals surface area (Å²) in [7, 11) is 0. The average molecular weight is 390 g/mol. The van der Waals surface area contributed by atoms with Gasteiger partial charge in [0.2, 0.25) is 5.91 Å². The molecule has 1 saturated heterocycles. The fourth-order valence-corrected chi connectivity index (χ4v) is 5.55. The summed E-state index contributed by atoms with van der Waals surface area (Å²) < 4.78 is 0. The molecule has 0 aromatic carbocycles. The van der Waals surface area contributed by atoms with Gasteiger partial charge in [0.1, 0.15) is 0 Å². The highest BCUT2D eigenvalue weighted by Gasteiger charge is 2.30. The molecule has 1 N–H and O–H groups in total. The number of thiophene rings is 1. The van der Waals surface area contributed by atoms with E-state index in [0.29, 0.717) is 11.7 Å². The van der Waals surface area contributed by atoms with Gasteiger partial charge in [0.05, 0.1) is 10.8 Å². The van der Waals surface area contributed by atoms with Gasteiger partial charge in [-0.05, 0) is 50.2 Å². The Morgan fingerprint density at radius 2 is 2.08 bits per heavy atom. The second kappa shape index (κ2) is 7.88. The van der Waals surface area contributed by atoms with Crippen molar-refractivity contribution in [1.82, 2.24) is 9.88 Å². The first-order valence-corrected chi connectivity index (χ1v) is 11.0. The van der Waals surface area contributed by atoms with Crippen LogP contribution in [-0.4, -0.2) is 34.8 Å². The number of piperidine rings is 1. The van der Waals surface area contributed by atoms with Crippen LogP contribution in [0.25, 0.3) is 0 Å². The zero-order valence-electron chi connectivity index (χ0n) is 14.7. The number of nitrogens with one attached hydrogen (secondary N) is 1. The minimum atomic E-state index is -0.158. The monoisotopic (exact) mass is 389 g/mol. The molecule has 1 fully saturated rings. The summed E-state index contributed by atoms with van der Waals surface area (Å²) in [6.07, 6.45) is 9.30. The zero-order chi connectivity index (χ0) is 17.9. The maximum atomic E-state index is 13.0. The Morgan fingerprint density at radius 3 is 2.92 bits per heavy atom. The first kappa shape index (κ1) is 17.7. The molecule has 2 amide bonds. The van der Waals surface area contributed by atoms with Crippen molar-refractivity contribution in [3.63, 3.8) is 0 Å². The highest BCUT2D eigenvalue weighted by molar-refractivity contribution is 7.14. The minimum absolute atomic E-state index is 0.0283. The maximum Gasteiger partial charge on any atom is 0.263 e. The van der Waals surface area contributed by atoms with E-state index in [1.54, 1.807) is 17.5 Å². The molecule has 26 heavy (non-hydrogen) atoms. The first-order chi connectivity index (χ1) is 12.7. The summed E-state index contributed by atoms with van der Waals surface area (Å²) in [6.45, 7) is 1.24. The summed E-state index contributed by atoms with van der Waals surface area (Å²) >= 11 is 3.08. The molecule has 1 aliphatic carbocycles. The zero-order valence-corrected chi connectivity index (χ0v) is 16.3. The molecule has 1 unspecified atom stereocenters. The predicted molar refractivity (Wildman–Crippen MR) is 105 cm³/mol. The number of nitrogens with zero attached hydrogens (tertiary/aromatic N) is 2. The largest absolute Gasteiger partial charge is 0.337 e. The van der Waals surface area contributed by atoms with Crippen LogP contribution < -0.4 is 5.32 Å². The quantitative estimate of drug-likeness (QED) is 0.808. The molecule has 4 rings (SSSR count). The van der Waals surface area contributed by atoms with Crippen molar-refractivity contribution in [2.75, 3.05) is 18.4 Å². The number of hydrogen-bond donors (Lipinski definition) is 1. The van der Waals surface area contributed by atoms with Gasteiger partial charge in [0.15, 0.2) is 5.13 Å². The van der Waals surface area contributed by atoms with Crippen LogP contribution in [0.2, 0.25) is 0 Å². The highest BCUT2D eigenvalue weighted by Crippen LogP contribution is 2.30. The number of thiazole rings is 1. The molecule has 138 valence electrons. The molecule has 2 aromatic rings. The normalized spacial score (nSPS) is 20.3. The van der Waals surface area contributed by atoms with Gasteiger partial charge in [0.25, 0.3) is 5.91 Å². The molecule has 7 heteroatoms. The summed E-state index contributed by atoms with van der Waals surface area (Å²) in [6, 6.07) is 2.10. The average Bonchev–Trinajstić information content (AvgIpc) is 3.26. The number of anilines is 1. The van der Waals surface area contributed by atoms with E-state index < -0.39 is 0 Å². The Balaban J connectivity index is 1.42. The number of aromatic nitrogens is 1. The second-order valence-electron chi connectivity index (χ2n) is 7.04. The lowest BCUT2D eigenvalue weighted by Crippen LogP contribution is -2.43. The van der Waals surface area contributed by atoms with Crippen molar-refractivity contribution in [3.8, 4) is 0 Å². The van der Waals surface area contributed by atoms with Gasteiger partial charge in [-0.2, -0.15) is 0 Å². The predicted octanol–water partition coefficient (Wildman–Crippen LogP) is 3.96. The molecule has 0 spiro atoms. The highest BCUT2D eigenvalue weighted by atomic mass is 32.1. The van der Waals surface area contributed by atoms with Gasteiger partial charge < -0.3 is 10.2 Å². The van der Waals surface area contributed by atoms with Gasteiger partial charge in [-0.15, -0.1) is 22.7 Å². The molecule has 1 aliphatic heterocycles. The minimum Gasteiger partial charge on any atom is -0.337 e. The van der Waals surface area contributed by atoms with Gasteiger partial charge in [-0.1, -0.05) is 6.42 Å². The van der Waals surface area contributed by atoms with Crippen LogP contribution in [0.1, 0.15) is 52.2 Å². The molecule has 0 radical (unpaired) electrons. The third-order valence-electron chi connectivity index (χ3n) is 5.20. The van der Waals surface area contributed by atoms with Crippen LogP contribution in [0.15, 0.2) is 17.6 Å². The molecule has 5 nitrogen and oxygen atoms in total. The summed E-state index contributed by atoms with van der Waals surface area (Å²) in [5.74, 6) is -0.0939. The number of carbonyl (C=O) groups excluding carboxylic acids is 2. The van der Waals surface area contributed by atoms with Crippen molar-refractivity contribution in [3.05, 3.63) is 33.0 Å². The Kier molecular flexibility index (Phi) is 5.36. The van der Waals surface area contributed by atoms with Crippen LogP contribution in [0, 0.1) is 5.92 Å². The lowest BCUT2D eigenvalue weighted by Gasteiger charge is -2.31. The summed E-state index contributed by atoms with van der Waals surface area (Å²) in [5, 5.41) is 5.34. The number of fused-ring (bicyclic) bond motifs is 1. The third kappa shape index (κ3) is 3.83. The third-order valence-corrected chi connectivity index (χ3v) is 7.11. The molecule has 2 aromatic heterocycles. The van der Waals surface area contributed by atoms with Crippen molar-refractivity contribution in [2.45, 2.75) is 44.9 Å². The molecular weight excluding hydrogens is 366 g/mol. The van der Waals surface area contributed by atoms with Crippen LogP contribution in [-0.2, 0) is 17.6 Å². The SMILES string of the molecule is O=C(Nc1nccs1)C1CCCN(C(=O)c2cc3c(s2)CCCCC3)C1. The van der Waals surface area contributed by atoms with E-state index in [0.717, 1.165) is 37.1 Å². The summed E-state index contributed by atoms with van der Waals surface area (Å²) in [5.41, 5.74) is 1.37. The van der Waals surface area contributed by atoms with Crippen molar-refractivity contribution < 1.29 is 9.59 Å². The number of rotatable bonds is 3. The van der Waals surface area contributed by atoms with Crippen LogP contribution in [0.3, 0.4) is 0 Å². The molecule has 1 atom stereocenters. The van der Waals surface area contributed by atoms with Crippen molar-refractivity contribution in [2.24, 2.45) is 5.92 Å². The van der Waals surface area contributed by atoms with Crippen LogP contribution >= 0.6 is 22.7 Å². The van der Waals surface area contributed by atoms with E-state index in [1.165, 1.54) is 41.0 Å². The topological polar surface area (TPSA) is 62.3 Å². The summed E-state index contributed by atoms with van der Waals surface area (Å²) in [4.78, 5) is 33.7.